The molecule has 0 spiro atoms. The molecule has 0 radical (unpaired) electrons. The first-order chi connectivity index (χ1) is 13.6. The summed E-state index contributed by atoms with van der Waals surface area (Å²) in [5.74, 6) is 0. The minimum Gasteiger partial charge on any atom is -0.389 e. The van der Waals surface area contributed by atoms with E-state index in [-0.39, 0.29) is 6.10 Å². The fourth-order valence-corrected chi connectivity index (χ4v) is 3.69. The van der Waals surface area contributed by atoms with Crippen LogP contribution < -0.4 is 0 Å². The first-order valence-corrected chi connectivity index (χ1v) is 10.5. The summed E-state index contributed by atoms with van der Waals surface area (Å²) in [5.41, 5.74) is 2.47. The molecular weight excluding hydrogens is 372 g/mol. The van der Waals surface area contributed by atoms with Crippen LogP contribution in [0.25, 0.3) is 0 Å². The molecule has 0 amide bonds. The van der Waals surface area contributed by atoms with Crippen molar-refractivity contribution in [3.63, 3.8) is 0 Å². The Kier molecular flexibility index (Phi) is 8.31. The minimum absolute atomic E-state index is 0.0539. The van der Waals surface area contributed by atoms with Gasteiger partial charge in [-0.25, -0.2) is 0 Å². The lowest BCUT2D eigenvalue weighted by atomic mass is 10.1. The van der Waals surface area contributed by atoms with E-state index in [9.17, 15) is 5.11 Å². The number of piperazine rings is 1. The second-order valence-corrected chi connectivity index (χ2v) is 8.00. The minimum atomic E-state index is -0.467. The van der Waals surface area contributed by atoms with Crippen molar-refractivity contribution in [3.8, 4) is 0 Å². The SMILES string of the molecule is CC(OCC(O)CN1CCN(CCc2ccccc2)CC1)c1ccc(Cl)cc1. The number of halogens is 1. The number of ether oxygens (including phenoxy) is 1. The highest BCUT2D eigenvalue weighted by Gasteiger charge is 2.19. The maximum atomic E-state index is 10.4. The lowest BCUT2D eigenvalue weighted by molar-refractivity contribution is -0.0209. The van der Waals surface area contributed by atoms with Gasteiger partial charge in [0.05, 0.1) is 18.8 Å². The molecule has 0 aliphatic carbocycles. The highest BCUT2D eigenvalue weighted by atomic mass is 35.5. The Morgan fingerprint density at radius 2 is 1.61 bits per heavy atom. The van der Waals surface area contributed by atoms with Gasteiger partial charge in [0, 0.05) is 44.3 Å². The summed E-state index contributed by atoms with van der Waals surface area (Å²) in [6.07, 6.45) is 0.576. The van der Waals surface area contributed by atoms with Crippen LogP contribution in [-0.4, -0.2) is 66.9 Å². The molecule has 3 rings (SSSR count). The molecule has 0 aromatic heterocycles. The van der Waals surface area contributed by atoms with Crippen molar-refractivity contribution in [1.82, 2.24) is 9.80 Å². The average molecular weight is 403 g/mol. The molecule has 4 nitrogen and oxygen atoms in total. The third-order valence-electron chi connectivity index (χ3n) is 5.37. The molecule has 28 heavy (non-hydrogen) atoms. The average Bonchev–Trinajstić information content (AvgIpc) is 2.73. The van der Waals surface area contributed by atoms with Gasteiger partial charge in [-0.15, -0.1) is 0 Å². The number of nitrogens with zero attached hydrogens (tertiary/aromatic N) is 2. The van der Waals surface area contributed by atoms with Crippen LogP contribution in [0, 0.1) is 0 Å². The number of β-amino-alcohol motifs (C(OH)–C–C–N with tert-alkyl or cyclic N) is 1. The zero-order valence-corrected chi connectivity index (χ0v) is 17.4. The van der Waals surface area contributed by atoms with Gasteiger partial charge in [-0.2, -0.15) is 0 Å². The van der Waals surface area contributed by atoms with Crippen molar-refractivity contribution in [2.24, 2.45) is 0 Å². The van der Waals surface area contributed by atoms with Crippen LogP contribution in [0.4, 0.5) is 0 Å². The Balaban J connectivity index is 1.32. The van der Waals surface area contributed by atoms with E-state index in [0.717, 1.165) is 49.7 Å². The molecule has 0 saturated carbocycles. The smallest absolute Gasteiger partial charge is 0.0900 e. The largest absolute Gasteiger partial charge is 0.389 e. The predicted molar refractivity (Wildman–Crippen MR) is 115 cm³/mol. The normalized spacial score (nSPS) is 18.1. The van der Waals surface area contributed by atoms with E-state index >= 15 is 0 Å². The molecule has 152 valence electrons. The summed E-state index contributed by atoms with van der Waals surface area (Å²) in [7, 11) is 0. The van der Waals surface area contributed by atoms with Crippen LogP contribution in [0.3, 0.4) is 0 Å². The van der Waals surface area contributed by atoms with E-state index in [1.807, 2.05) is 31.2 Å². The molecule has 5 heteroatoms. The number of benzene rings is 2. The van der Waals surface area contributed by atoms with Crippen LogP contribution in [0.1, 0.15) is 24.2 Å². The third kappa shape index (κ3) is 6.87. The van der Waals surface area contributed by atoms with E-state index in [1.165, 1.54) is 5.56 Å². The van der Waals surface area contributed by atoms with Gasteiger partial charge in [-0.3, -0.25) is 4.90 Å². The number of rotatable bonds is 9. The van der Waals surface area contributed by atoms with Crippen molar-refractivity contribution in [3.05, 3.63) is 70.7 Å². The first-order valence-electron chi connectivity index (χ1n) is 10.1. The van der Waals surface area contributed by atoms with Gasteiger partial charge >= 0.3 is 0 Å². The summed E-state index contributed by atoms with van der Waals surface area (Å²) < 4.78 is 5.85. The van der Waals surface area contributed by atoms with Gasteiger partial charge in [-0.05, 0) is 36.6 Å². The van der Waals surface area contributed by atoms with E-state index in [0.29, 0.717) is 13.2 Å². The monoisotopic (exact) mass is 402 g/mol. The van der Waals surface area contributed by atoms with E-state index < -0.39 is 6.10 Å². The van der Waals surface area contributed by atoms with Gasteiger partial charge in [0.2, 0.25) is 0 Å². The molecule has 1 aliphatic heterocycles. The second kappa shape index (κ2) is 10.9. The standard InChI is InChI=1S/C23H31ClN2O2/c1-19(21-7-9-22(24)10-8-21)28-18-23(27)17-26-15-13-25(14-16-26)12-11-20-5-3-2-4-6-20/h2-10,19,23,27H,11-18H2,1H3. The second-order valence-electron chi connectivity index (χ2n) is 7.56. The van der Waals surface area contributed by atoms with Gasteiger partial charge in [-0.1, -0.05) is 54.1 Å². The Labute approximate surface area is 173 Å². The zero-order valence-electron chi connectivity index (χ0n) is 16.6. The number of hydrogen-bond acceptors (Lipinski definition) is 4. The summed E-state index contributed by atoms with van der Waals surface area (Å²) in [6.45, 7) is 8.22. The lowest BCUT2D eigenvalue weighted by Gasteiger charge is -2.35. The Hall–Kier alpha value is -1.43. The van der Waals surface area contributed by atoms with Gasteiger partial charge in [0.1, 0.15) is 0 Å². The summed E-state index contributed by atoms with van der Waals surface area (Å²) in [4.78, 5) is 4.84. The summed E-state index contributed by atoms with van der Waals surface area (Å²) in [5, 5.41) is 11.1. The molecule has 2 aromatic carbocycles. The van der Waals surface area contributed by atoms with Gasteiger partial charge in [0.25, 0.3) is 0 Å². The molecule has 1 fully saturated rings. The quantitative estimate of drug-likeness (QED) is 0.694. The Bertz CT molecular complexity index is 688. The molecule has 1 N–H and O–H groups in total. The topological polar surface area (TPSA) is 35.9 Å². The van der Waals surface area contributed by atoms with Gasteiger partial charge < -0.3 is 14.7 Å². The van der Waals surface area contributed by atoms with Gasteiger partial charge in [0.15, 0.2) is 0 Å². The Morgan fingerprint density at radius 1 is 0.964 bits per heavy atom. The van der Waals surface area contributed by atoms with Crippen molar-refractivity contribution in [1.29, 1.82) is 0 Å². The van der Waals surface area contributed by atoms with Crippen molar-refractivity contribution >= 4 is 11.6 Å². The number of aliphatic hydroxyl groups excluding tert-OH is 1. The molecule has 1 heterocycles. The van der Waals surface area contributed by atoms with Crippen LogP contribution >= 0.6 is 11.6 Å². The molecular formula is C23H31ClN2O2. The lowest BCUT2D eigenvalue weighted by Crippen LogP contribution is -2.49. The first kappa shape index (κ1) is 21.3. The fraction of sp³-hybridized carbons (Fsp3) is 0.478. The van der Waals surface area contributed by atoms with E-state index in [1.54, 1.807) is 0 Å². The molecule has 2 atom stereocenters. The number of aliphatic hydroxyl groups is 1. The van der Waals surface area contributed by atoms with E-state index in [2.05, 4.69) is 40.1 Å². The molecule has 2 aromatic rings. The molecule has 2 unspecified atom stereocenters. The summed E-state index contributed by atoms with van der Waals surface area (Å²) in [6, 6.07) is 18.3. The van der Waals surface area contributed by atoms with Crippen LogP contribution in [0.2, 0.25) is 5.02 Å². The molecule has 1 saturated heterocycles. The van der Waals surface area contributed by atoms with Crippen LogP contribution in [0.5, 0.6) is 0 Å². The zero-order chi connectivity index (χ0) is 19.8. The number of hydrogen-bond donors (Lipinski definition) is 1. The highest BCUT2D eigenvalue weighted by molar-refractivity contribution is 6.30. The van der Waals surface area contributed by atoms with E-state index in [4.69, 9.17) is 16.3 Å². The molecule has 1 aliphatic rings. The predicted octanol–water partition coefficient (Wildman–Crippen LogP) is 3.64. The van der Waals surface area contributed by atoms with Crippen LogP contribution in [0.15, 0.2) is 54.6 Å². The maximum Gasteiger partial charge on any atom is 0.0900 e. The summed E-state index contributed by atoms with van der Waals surface area (Å²) >= 11 is 5.92. The highest BCUT2D eigenvalue weighted by Crippen LogP contribution is 2.19. The fourth-order valence-electron chi connectivity index (χ4n) is 3.56. The molecule has 0 bridgehead atoms. The van der Waals surface area contributed by atoms with Crippen LogP contribution in [-0.2, 0) is 11.2 Å². The third-order valence-corrected chi connectivity index (χ3v) is 5.62. The van der Waals surface area contributed by atoms with Crippen molar-refractivity contribution in [2.45, 2.75) is 25.6 Å². The van der Waals surface area contributed by atoms with Crippen molar-refractivity contribution in [2.75, 3.05) is 45.9 Å². The Morgan fingerprint density at radius 3 is 2.29 bits per heavy atom. The van der Waals surface area contributed by atoms with Crippen molar-refractivity contribution < 1.29 is 9.84 Å². The maximum absolute atomic E-state index is 10.4.